The van der Waals surface area contributed by atoms with Gasteiger partial charge in [-0.15, -0.1) is 0 Å². The van der Waals surface area contributed by atoms with Crippen molar-refractivity contribution >= 4 is 23.1 Å². The SMILES string of the molecule is CC(CN(C)C(=O)Cc1ccc(F)c(F)c1)C(N)=S. The minimum absolute atomic E-state index is 0.0117. The molecule has 1 unspecified atom stereocenters. The van der Waals surface area contributed by atoms with Crippen LogP contribution < -0.4 is 5.73 Å². The number of amides is 1. The predicted molar refractivity (Wildman–Crippen MR) is 73.6 cm³/mol. The van der Waals surface area contributed by atoms with Crippen molar-refractivity contribution in [3.05, 3.63) is 35.4 Å². The van der Waals surface area contributed by atoms with Crippen LogP contribution in [0.15, 0.2) is 18.2 Å². The highest BCUT2D eigenvalue weighted by Crippen LogP contribution is 2.10. The monoisotopic (exact) mass is 286 g/mol. The lowest BCUT2D eigenvalue weighted by Gasteiger charge is -2.21. The Bertz CT molecular complexity index is 494. The molecule has 19 heavy (non-hydrogen) atoms. The number of hydrogen-bond donors (Lipinski definition) is 1. The molecule has 0 saturated heterocycles. The summed E-state index contributed by atoms with van der Waals surface area (Å²) in [4.78, 5) is 13.7. The quantitative estimate of drug-likeness (QED) is 0.841. The third-order valence-electron chi connectivity index (χ3n) is 2.80. The summed E-state index contributed by atoms with van der Waals surface area (Å²) in [5.74, 6) is -2.17. The minimum atomic E-state index is -0.954. The molecule has 1 rings (SSSR count). The maximum Gasteiger partial charge on any atom is 0.226 e. The van der Waals surface area contributed by atoms with Crippen LogP contribution in [-0.2, 0) is 11.2 Å². The van der Waals surface area contributed by atoms with E-state index in [2.05, 4.69) is 0 Å². The summed E-state index contributed by atoms with van der Waals surface area (Å²) >= 11 is 4.83. The van der Waals surface area contributed by atoms with Crippen LogP contribution in [-0.4, -0.2) is 29.4 Å². The summed E-state index contributed by atoms with van der Waals surface area (Å²) in [6.07, 6.45) is 0.0117. The average Bonchev–Trinajstić information content (AvgIpc) is 2.33. The molecule has 1 amide bonds. The lowest BCUT2D eigenvalue weighted by atomic mass is 10.1. The topological polar surface area (TPSA) is 46.3 Å². The van der Waals surface area contributed by atoms with Crippen LogP contribution >= 0.6 is 12.2 Å². The Morgan fingerprint density at radius 1 is 1.42 bits per heavy atom. The van der Waals surface area contributed by atoms with Crippen LogP contribution in [0, 0.1) is 17.6 Å². The van der Waals surface area contributed by atoms with Crippen molar-refractivity contribution in [3.63, 3.8) is 0 Å². The molecule has 2 N–H and O–H groups in total. The molecule has 0 saturated carbocycles. The van der Waals surface area contributed by atoms with Crippen molar-refractivity contribution in [3.8, 4) is 0 Å². The van der Waals surface area contributed by atoms with Gasteiger partial charge in [0.1, 0.15) is 0 Å². The first kappa shape index (κ1) is 15.5. The highest BCUT2D eigenvalue weighted by atomic mass is 32.1. The molecule has 0 fully saturated rings. The maximum absolute atomic E-state index is 13.0. The number of thiocarbonyl (C=S) groups is 1. The van der Waals surface area contributed by atoms with E-state index in [1.54, 1.807) is 7.05 Å². The van der Waals surface area contributed by atoms with Gasteiger partial charge in [0.15, 0.2) is 11.6 Å². The van der Waals surface area contributed by atoms with E-state index in [1.807, 2.05) is 6.92 Å². The Labute approximate surface area is 116 Å². The normalized spacial score (nSPS) is 12.0. The summed E-state index contributed by atoms with van der Waals surface area (Å²) in [5.41, 5.74) is 5.91. The van der Waals surface area contributed by atoms with Crippen LogP contribution in [0.5, 0.6) is 0 Å². The van der Waals surface area contributed by atoms with Gasteiger partial charge < -0.3 is 10.6 Å². The third kappa shape index (κ3) is 4.55. The number of benzene rings is 1. The minimum Gasteiger partial charge on any atom is -0.393 e. The smallest absolute Gasteiger partial charge is 0.226 e. The summed E-state index contributed by atoms with van der Waals surface area (Å²) in [7, 11) is 1.62. The van der Waals surface area contributed by atoms with E-state index in [4.69, 9.17) is 18.0 Å². The lowest BCUT2D eigenvalue weighted by Crippen LogP contribution is -2.36. The van der Waals surface area contributed by atoms with Gasteiger partial charge in [-0.05, 0) is 17.7 Å². The first-order valence-corrected chi connectivity index (χ1v) is 6.19. The Hall–Kier alpha value is -1.56. The van der Waals surface area contributed by atoms with Gasteiger partial charge in [-0.2, -0.15) is 0 Å². The fourth-order valence-corrected chi connectivity index (χ4v) is 1.64. The van der Waals surface area contributed by atoms with Gasteiger partial charge in [-0.25, -0.2) is 8.78 Å². The molecular weight excluding hydrogens is 270 g/mol. The van der Waals surface area contributed by atoms with Crippen LogP contribution in [0.4, 0.5) is 8.78 Å². The molecule has 1 aromatic rings. The van der Waals surface area contributed by atoms with E-state index in [0.717, 1.165) is 12.1 Å². The Kier molecular flexibility index (Phi) is 5.35. The van der Waals surface area contributed by atoms with Gasteiger partial charge in [0.2, 0.25) is 5.91 Å². The fraction of sp³-hybridized carbons (Fsp3) is 0.385. The zero-order chi connectivity index (χ0) is 14.6. The van der Waals surface area contributed by atoms with Gasteiger partial charge in [0.25, 0.3) is 0 Å². The highest BCUT2D eigenvalue weighted by Gasteiger charge is 2.15. The summed E-state index contributed by atoms with van der Waals surface area (Å²) in [6.45, 7) is 2.22. The summed E-state index contributed by atoms with van der Waals surface area (Å²) < 4.78 is 25.8. The Morgan fingerprint density at radius 2 is 2.05 bits per heavy atom. The molecule has 0 aliphatic carbocycles. The zero-order valence-corrected chi connectivity index (χ0v) is 11.6. The van der Waals surface area contributed by atoms with Crippen LogP contribution in [0.2, 0.25) is 0 Å². The van der Waals surface area contributed by atoms with E-state index in [1.165, 1.54) is 11.0 Å². The lowest BCUT2D eigenvalue weighted by molar-refractivity contribution is -0.129. The maximum atomic E-state index is 13.0. The molecule has 0 spiro atoms. The molecule has 1 atom stereocenters. The molecule has 0 radical (unpaired) electrons. The average molecular weight is 286 g/mol. The van der Waals surface area contributed by atoms with Crippen molar-refractivity contribution in [1.29, 1.82) is 0 Å². The molecule has 1 aromatic carbocycles. The number of rotatable bonds is 5. The number of carbonyl (C=O) groups is 1. The number of nitrogens with two attached hydrogens (primary N) is 1. The number of nitrogens with zero attached hydrogens (tertiary/aromatic N) is 1. The third-order valence-corrected chi connectivity index (χ3v) is 3.20. The molecule has 3 nitrogen and oxygen atoms in total. The summed E-state index contributed by atoms with van der Waals surface area (Å²) in [6, 6.07) is 3.43. The number of hydrogen-bond acceptors (Lipinski definition) is 2. The zero-order valence-electron chi connectivity index (χ0n) is 10.8. The molecule has 0 aromatic heterocycles. The Morgan fingerprint density at radius 3 is 2.58 bits per heavy atom. The van der Waals surface area contributed by atoms with Crippen LogP contribution in [0.25, 0.3) is 0 Å². The number of likely N-dealkylation sites (N-methyl/N-ethyl adjacent to an activating group) is 1. The molecule has 104 valence electrons. The van der Waals surface area contributed by atoms with Crippen molar-refractivity contribution in [2.24, 2.45) is 11.7 Å². The van der Waals surface area contributed by atoms with Crippen molar-refractivity contribution in [1.82, 2.24) is 4.90 Å². The Balaban J connectivity index is 2.63. The van der Waals surface area contributed by atoms with Crippen molar-refractivity contribution in [2.75, 3.05) is 13.6 Å². The van der Waals surface area contributed by atoms with Crippen LogP contribution in [0.1, 0.15) is 12.5 Å². The summed E-state index contributed by atoms with van der Waals surface area (Å²) in [5, 5.41) is 0. The van der Waals surface area contributed by atoms with Crippen molar-refractivity contribution in [2.45, 2.75) is 13.3 Å². The van der Waals surface area contributed by atoms with E-state index >= 15 is 0 Å². The van der Waals surface area contributed by atoms with E-state index in [9.17, 15) is 13.6 Å². The number of carbonyl (C=O) groups excluding carboxylic acids is 1. The van der Waals surface area contributed by atoms with Gasteiger partial charge >= 0.3 is 0 Å². The van der Waals surface area contributed by atoms with E-state index < -0.39 is 11.6 Å². The second-order valence-corrected chi connectivity index (χ2v) is 4.97. The van der Waals surface area contributed by atoms with Crippen molar-refractivity contribution < 1.29 is 13.6 Å². The van der Waals surface area contributed by atoms with Gasteiger partial charge in [0.05, 0.1) is 11.4 Å². The van der Waals surface area contributed by atoms with E-state index in [0.29, 0.717) is 17.1 Å². The van der Waals surface area contributed by atoms with Gasteiger partial charge in [0, 0.05) is 19.5 Å². The molecule has 0 aliphatic rings. The first-order chi connectivity index (χ1) is 8.81. The highest BCUT2D eigenvalue weighted by molar-refractivity contribution is 7.80. The second kappa shape index (κ2) is 6.56. The molecule has 0 aliphatic heterocycles. The fourth-order valence-electron chi connectivity index (χ4n) is 1.56. The molecule has 0 heterocycles. The van der Waals surface area contributed by atoms with Crippen LogP contribution in [0.3, 0.4) is 0 Å². The predicted octanol–water partition coefficient (Wildman–Crippen LogP) is 1.89. The first-order valence-electron chi connectivity index (χ1n) is 5.78. The number of halogens is 2. The largest absolute Gasteiger partial charge is 0.393 e. The second-order valence-electron chi connectivity index (χ2n) is 4.50. The van der Waals surface area contributed by atoms with Gasteiger partial charge in [-0.3, -0.25) is 4.79 Å². The molecule has 6 heteroatoms. The van der Waals surface area contributed by atoms with Gasteiger partial charge in [-0.1, -0.05) is 25.2 Å². The molecular formula is C13H16F2N2OS. The molecule has 0 bridgehead atoms. The standard InChI is InChI=1S/C13H16F2N2OS/c1-8(13(16)19)7-17(2)12(18)6-9-3-4-10(14)11(15)5-9/h3-5,8H,6-7H2,1-2H3,(H2,16,19). The van der Waals surface area contributed by atoms with E-state index in [-0.39, 0.29) is 18.2 Å².